The second-order valence-corrected chi connectivity index (χ2v) is 3.99. The van der Waals surface area contributed by atoms with Crippen molar-refractivity contribution in [3.8, 4) is 0 Å². The Labute approximate surface area is 83.8 Å². The van der Waals surface area contributed by atoms with E-state index in [2.05, 4.69) is 27.6 Å². The minimum absolute atomic E-state index is 1.06. The third-order valence-corrected chi connectivity index (χ3v) is 2.93. The summed E-state index contributed by atoms with van der Waals surface area (Å²) in [5, 5.41) is 6.34. The van der Waals surface area contributed by atoms with E-state index in [4.69, 9.17) is 0 Å². The molecule has 0 bridgehead atoms. The SMILES string of the molecule is CNCCCN(C)c1nc(C)cs1. The molecule has 1 heterocycles. The first-order chi connectivity index (χ1) is 6.24. The standard InChI is InChI=1S/C9H17N3S/c1-8-7-13-9(11-8)12(3)6-4-5-10-2/h7,10H,4-6H2,1-3H3. The van der Waals surface area contributed by atoms with Crippen LogP contribution in [0.2, 0.25) is 0 Å². The zero-order valence-corrected chi connectivity index (χ0v) is 9.32. The van der Waals surface area contributed by atoms with Gasteiger partial charge in [0.05, 0.1) is 5.69 Å². The molecule has 0 saturated heterocycles. The van der Waals surface area contributed by atoms with Gasteiger partial charge in [0.15, 0.2) is 5.13 Å². The van der Waals surface area contributed by atoms with Gasteiger partial charge in [-0.15, -0.1) is 11.3 Å². The van der Waals surface area contributed by atoms with Crippen LogP contribution in [-0.2, 0) is 0 Å². The molecule has 0 fully saturated rings. The van der Waals surface area contributed by atoms with Crippen LogP contribution in [0.25, 0.3) is 0 Å². The average molecular weight is 199 g/mol. The summed E-state index contributed by atoms with van der Waals surface area (Å²) in [6, 6.07) is 0. The van der Waals surface area contributed by atoms with E-state index in [9.17, 15) is 0 Å². The number of anilines is 1. The fourth-order valence-corrected chi connectivity index (χ4v) is 1.90. The lowest BCUT2D eigenvalue weighted by atomic mass is 10.4. The van der Waals surface area contributed by atoms with Crippen molar-refractivity contribution >= 4 is 16.5 Å². The molecule has 13 heavy (non-hydrogen) atoms. The van der Waals surface area contributed by atoms with Crippen LogP contribution < -0.4 is 10.2 Å². The number of nitrogens with one attached hydrogen (secondary N) is 1. The highest BCUT2D eigenvalue weighted by molar-refractivity contribution is 7.13. The molecule has 4 heteroatoms. The minimum atomic E-state index is 1.06. The molecule has 0 spiro atoms. The quantitative estimate of drug-likeness (QED) is 0.728. The molecule has 3 nitrogen and oxygen atoms in total. The maximum Gasteiger partial charge on any atom is 0.185 e. The molecule has 0 aliphatic carbocycles. The Bertz CT molecular complexity index is 247. The summed E-state index contributed by atoms with van der Waals surface area (Å²) in [6.07, 6.45) is 1.16. The van der Waals surface area contributed by atoms with E-state index < -0.39 is 0 Å². The van der Waals surface area contributed by atoms with Gasteiger partial charge in [-0.1, -0.05) is 0 Å². The number of nitrogens with zero attached hydrogens (tertiary/aromatic N) is 2. The number of hydrogen-bond acceptors (Lipinski definition) is 4. The van der Waals surface area contributed by atoms with Crippen LogP contribution in [0.5, 0.6) is 0 Å². The number of hydrogen-bond donors (Lipinski definition) is 1. The van der Waals surface area contributed by atoms with Gasteiger partial charge < -0.3 is 10.2 Å². The lowest BCUT2D eigenvalue weighted by molar-refractivity contribution is 0.711. The normalized spacial score (nSPS) is 10.4. The number of thiazole rings is 1. The average Bonchev–Trinajstić information content (AvgIpc) is 2.52. The Kier molecular flexibility index (Phi) is 4.18. The van der Waals surface area contributed by atoms with Gasteiger partial charge in [-0.25, -0.2) is 4.98 Å². The van der Waals surface area contributed by atoms with Crippen molar-refractivity contribution in [2.24, 2.45) is 0 Å². The van der Waals surface area contributed by atoms with E-state index >= 15 is 0 Å². The largest absolute Gasteiger partial charge is 0.351 e. The Morgan fingerprint density at radius 2 is 2.38 bits per heavy atom. The monoisotopic (exact) mass is 199 g/mol. The molecule has 0 amide bonds. The van der Waals surface area contributed by atoms with Crippen LogP contribution in [-0.4, -0.2) is 32.2 Å². The van der Waals surface area contributed by atoms with Crippen LogP contribution in [0.1, 0.15) is 12.1 Å². The summed E-state index contributed by atoms with van der Waals surface area (Å²) in [5.74, 6) is 0. The van der Waals surface area contributed by atoms with Crippen molar-refractivity contribution < 1.29 is 0 Å². The van der Waals surface area contributed by atoms with Gasteiger partial charge in [-0.2, -0.15) is 0 Å². The molecule has 0 aromatic carbocycles. The summed E-state index contributed by atoms with van der Waals surface area (Å²) >= 11 is 1.71. The predicted molar refractivity (Wildman–Crippen MR) is 58.7 cm³/mol. The molecule has 1 rings (SSSR count). The Morgan fingerprint density at radius 1 is 1.62 bits per heavy atom. The second-order valence-electron chi connectivity index (χ2n) is 3.15. The van der Waals surface area contributed by atoms with Crippen molar-refractivity contribution in [3.05, 3.63) is 11.1 Å². The third kappa shape index (κ3) is 3.32. The Morgan fingerprint density at radius 3 is 2.92 bits per heavy atom. The lowest BCUT2D eigenvalue weighted by Crippen LogP contribution is -2.22. The Balaban J connectivity index is 2.35. The molecule has 74 valence electrons. The van der Waals surface area contributed by atoms with Crippen LogP contribution in [0.4, 0.5) is 5.13 Å². The summed E-state index contributed by atoms with van der Waals surface area (Å²) in [6.45, 7) is 4.16. The van der Waals surface area contributed by atoms with Crippen LogP contribution in [0.3, 0.4) is 0 Å². The lowest BCUT2D eigenvalue weighted by Gasteiger charge is -2.14. The highest BCUT2D eigenvalue weighted by atomic mass is 32.1. The molecule has 0 aliphatic heterocycles. The molecule has 1 aromatic heterocycles. The molecule has 0 unspecified atom stereocenters. The molecule has 1 aromatic rings. The second kappa shape index (κ2) is 5.19. The van der Waals surface area contributed by atoms with E-state index in [1.54, 1.807) is 11.3 Å². The van der Waals surface area contributed by atoms with Gasteiger partial charge in [-0.3, -0.25) is 0 Å². The highest BCUT2D eigenvalue weighted by Crippen LogP contribution is 2.18. The van der Waals surface area contributed by atoms with Crippen LogP contribution in [0, 0.1) is 6.92 Å². The minimum Gasteiger partial charge on any atom is -0.351 e. The van der Waals surface area contributed by atoms with Crippen molar-refractivity contribution in [2.75, 3.05) is 32.1 Å². The van der Waals surface area contributed by atoms with Gasteiger partial charge in [0, 0.05) is 19.0 Å². The highest BCUT2D eigenvalue weighted by Gasteiger charge is 2.03. The topological polar surface area (TPSA) is 28.2 Å². The van der Waals surface area contributed by atoms with E-state index in [-0.39, 0.29) is 0 Å². The molecule has 1 N–H and O–H groups in total. The molecular formula is C9H17N3S. The van der Waals surface area contributed by atoms with Crippen molar-refractivity contribution in [1.82, 2.24) is 10.3 Å². The van der Waals surface area contributed by atoms with Gasteiger partial charge >= 0.3 is 0 Å². The van der Waals surface area contributed by atoms with Crippen molar-refractivity contribution in [2.45, 2.75) is 13.3 Å². The van der Waals surface area contributed by atoms with Crippen molar-refractivity contribution in [3.63, 3.8) is 0 Å². The van der Waals surface area contributed by atoms with E-state index in [0.29, 0.717) is 0 Å². The summed E-state index contributed by atoms with van der Waals surface area (Å²) < 4.78 is 0. The van der Waals surface area contributed by atoms with Gasteiger partial charge in [0.25, 0.3) is 0 Å². The maximum absolute atomic E-state index is 4.41. The summed E-state index contributed by atoms with van der Waals surface area (Å²) in [5.41, 5.74) is 1.11. The molecule has 0 aliphatic rings. The fraction of sp³-hybridized carbons (Fsp3) is 0.667. The van der Waals surface area contributed by atoms with Crippen LogP contribution >= 0.6 is 11.3 Å². The summed E-state index contributed by atoms with van der Waals surface area (Å²) in [7, 11) is 4.07. The molecule has 0 atom stereocenters. The maximum atomic E-state index is 4.41. The Hall–Kier alpha value is -0.610. The predicted octanol–water partition coefficient (Wildman–Crippen LogP) is 1.50. The van der Waals surface area contributed by atoms with E-state index in [1.807, 2.05) is 14.0 Å². The number of rotatable bonds is 5. The molecule has 0 radical (unpaired) electrons. The van der Waals surface area contributed by atoms with Crippen molar-refractivity contribution in [1.29, 1.82) is 0 Å². The molecule has 0 saturated carbocycles. The van der Waals surface area contributed by atoms with Crippen LogP contribution in [0.15, 0.2) is 5.38 Å². The first-order valence-corrected chi connectivity index (χ1v) is 5.40. The molecular weight excluding hydrogens is 182 g/mol. The zero-order valence-electron chi connectivity index (χ0n) is 8.50. The van der Waals surface area contributed by atoms with E-state index in [1.165, 1.54) is 0 Å². The summed E-state index contributed by atoms with van der Waals surface area (Å²) in [4.78, 5) is 6.62. The first-order valence-electron chi connectivity index (χ1n) is 4.52. The first kappa shape index (κ1) is 10.5. The zero-order chi connectivity index (χ0) is 9.68. The van der Waals surface area contributed by atoms with Gasteiger partial charge in [0.2, 0.25) is 0 Å². The van der Waals surface area contributed by atoms with Gasteiger partial charge in [0.1, 0.15) is 0 Å². The number of aryl methyl sites for hydroxylation is 1. The van der Waals surface area contributed by atoms with Gasteiger partial charge in [-0.05, 0) is 26.9 Å². The van der Waals surface area contributed by atoms with E-state index in [0.717, 1.165) is 30.3 Å². The number of aromatic nitrogens is 1. The smallest absolute Gasteiger partial charge is 0.185 e. The fourth-order valence-electron chi connectivity index (χ4n) is 1.11. The third-order valence-electron chi connectivity index (χ3n) is 1.85.